The highest BCUT2D eigenvalue weighted by atomic mass is 19.3. The van der Waals surface area contributed by atoms with Crippen LogP contribution in [0.3, 0.4) is 0 Å². The number of fused-ring (bicyclic) bond motifs is 1. The maximum atomic E-state index is 13.0. The van der Waals surface area contributed by atoms with E-state index in [-0.39, 0.29) is 23.4 Å². The number of carbonyl (C=O) groups is 2. The summed E-state index contributed by atoms with van der Waals surface area (Å²) in [5.74, 6) is -6.13. The summed E-state index contributed by atoms with van der Waals surface area (Å²) in [6.45, 7) is 0. The predicted molar refractivity (Wildman–Crippen MR) is 44.9 cm³/mol. The van der Waals surface area contributed by atoms with Gasteiger partial charge in [0, 0.05) is 22.2 Å². The van der Waals surface area contributed by atoms with E-state index in [1.807, 2.05) is 0 Å². The largest absolute Gasteiger partial charge is 0.395 e. The maximum Gasteiger partial charge on any atom is 0.395 e. The van der Waals surface area contributed by atoms with Gasteiger partial charge in [-0.25, -0.2) is 9.74 Å². The normalized spacial score (nSPS) is 18.1. The van der Waals surface area contributed by atoms with E-state index >= 15 is 0 Å². The van der Waals surface area contributed by atoms with E-state index in [1.165, 1.54) is 0 Å². The molecule has 1 heterocycles. The van der Waals surface area contributed by atoms with Gasteiger partial charge in [0.25, 0.3) is 0 Å². The SMILES string of the molecule is O=C(OF)c1cc2c([nH]1)CCC(F)(F)C2=O. The van der Waals surface area contributed by atoms with Gasteiger partial charge >= 0.3 is 11.9 Å². The van der Waals surface area contributed by atoms with Crippen molar-refractivity contribution in [1.29, 1.82) is 0 Å². The second-order valence-electron chi connectivity index (χ2n) is 3.47. The summed E-state index contributed by atoms with van der Waals surface area (Å²) in [5.41, 5.74) is -0.425. The van der Waals surface area contributed by atoms with Gasteiger partial charge in [-0.2, -0.15) is 8.78 Å². The molecule has 7 heteroatoms. The fourth-order valence-electron chi connectivity index (χ4n) is 1.64. The third-order valence-electron chi connectivity index (χ3n) is 2.46. The molecule has 1 aliphatic carbocycles. The fraction of sp³-hybridized carbons (Fsp3) is 0.333. The number of aryl methyl sites for hydroxylation is 1. The highest BCUT2D eigenvalue weighted by Crippen LogP contribution is 2.33. The maximum absolute atomic E-state index is 13.0. The molecule has 0 saturated carbocycles. The lowest BCUT2D eigenvalue weighted by molar-refractivity contribution is -0.0792. The zero-order valence-electron chi connectivity index (χ0n) is 7.85. The highest BCUT2D eigenvalue weighted by molar-refractivity contribution is 6.05. The number of Topliss-reactive ketones (excluding diaryl/α,β-unsaturated/α-hetero) is 1. The minimum atomic E-state index is -3.42. The lowest BCUT2D eigenvalue weighted by atomic mass is 9.93. The summed E-state index contributed by atoms with van der Waals surface area (Å²) in [6.07, 6.45) is -0.697. The van der Waals surface area contributed by atoms with E-state index in [2.05, 4.69) is 9.93 Å². The lowest BCUT2D eigenvalue weighted by Crippen LogP contribution is -2.33. The van der Waals surface area contributed by atoms with Gasteiger partial charge in [-0.05, 0) is 12.5 Å². The molecule has 0 saturated heterocycles. The summed E-state index contributed by atoms with van der Waals surface area (Å²) in [6, 6.07) is 0.882. The number of aromatic amines is 1. The third-order valence-corrected chi connectivity index (χ3v) is 2.46. The van der Waals surface area contributed by atoms with E-state index in [0.717, 1.165) is 6.07 Å². The van der Waals surface area contributed by atoms with E-state index in [4.69, 9.17) is 0 Å². The molecule has 4 nitrogen and oxygen atoms in total. The van der Waals surface area contributed by atoms with E-state index < -0.39 is 24.1 Å². The molecule has 0 fully saturated rings. The molecule has 0 aromatic carbocycles. The number of carbonyl (C=O) groups excluding carboxylic acids is 2. The predicted octanol–water partition coefficient (Wildman–Crippen LogP) is 1.82. The molecule has 86 valence electrons. The van der Waals surface area contributed by atoms with Crippen LogP contribution in [0.15, 0.2) is 6.07 Å². The summed E-state index contributed by atoms with van der Waals surface area (Å²) in [5, 5.41) is 0. The second-order valence-corrected chi connectivity index (χ2v) is 3.47. The van der Waals surface area contributed by atoms with Crippen LogP contribution < -0.4 is 0 Å². The summed E-state index contributed by atoms with van der Waals surface area (Å²) in [7, 11) is 0. The number of ketones is 1. The van der Waals surface area contributed by atoms with E-state index in [1.54, 1.807) is 0 Å². The van der Waals surface area contributed by atoms with E-state index in [0.29, 0.717) is 0 Å². The van der Waals surface area contributed by atoms with Crippen molar-refractivity contribution in [3.63, 3.8) is 0 Å². The Balaban J connectivity index is 2.43. The molecule has 0 atom stereocenters. The molecule has 2 rings (SSSR count). The van der Waals surface area contributed by atoms with Crippen LogP contribution in [0.2, 0.25) is 0 Å². The minimum absolute atomic E-state index is 0.0758. The molecule has 1 aliphatic rings. The van der Waals surface area contributed by atoms with Crippen LogP contribution in [0, 0.1) is 0 Å². The quantitative estimate of drug-likeness (QED) is 0.804. The summed E-state index contributed by atoms with van der Waals surface area (Å²) >= 11 is 0. The average molecular weight is 233 g/mol. The van der Waals surface area contributed by atoms with Gasteiger partial charge in [-0.1, -0.05) is 0 Å². The van der Waals surface area contributed by atoms with Gasteiger partial charge in [0.1, 0.15) is 5.69 Å². The zero-order valence-corrected chi connectivity index (χ0v) is 7.85. The number of halogens is 3. The number of aromatic nitrogens is 1. The lowest BCUT2D eigenvalue weighted by Gasteiger charge is -2.19. The monoisotopic (exact) mass is 233 g/mol. The minimum Gasteiger partial charge on any atom is -0.352 e. The van der Waals surface area contributed by atoms with Crippen molar-refractivity contribution in [2.24, 2.45) is 0 Å². The van der Waals surface area contributed by atoms with Gasteiger partial charge in [0.15, 0.2) is 0 Å². The first-order chi connectivity index (χ1) is 7.45. The van der Waals surface area contributed by atoms with Crippen LogP contribution in [0.1, 0.15) is 33.0 Å². The van der Waals surface area contributed by atoms with Gasteiger partial charge in [-0.3, -0.25) is 4.79 Å². The van der Waals surface area contributed by atoms with Crippen LogP contribution in [-0.2, 0) is 11.4 Å². The van der Waals surface area contributed by atoms with Crippen LogP contribution in [-0.4, -0.2) is 22.7 Å². The van der Waals surface area contributed by atoms with Crippen LogP contribution in [0.4, 0.5) is 13.3 Å². The topological polar surface area (TPSA) is 59.2 Å². The Morgan fingerprint density at radius 1 is 1.50 bits per heavy atom. The van der Waals surface area contributed by atoms with Gasteiger partial charge < -0.3 is 4.98 Å². The second kappa shape index (κ2) is 3.36. The number of hydrogen-bond acceptors (Lipinski definition) is 3. The van der Waals surface area contributed by atoms with Crippen molar-refractivity contribution >= 4 is 11.8 Å². The molecule has 1 aromatic heterocycles. The average Bonchev–Trinajstić information content (AvgIpc) is 2.67. The van der Waals surface area contributed by atoms with Crippen molar-refractivity contribution < 1.29 is 27.8 Å². The fourth-order valence-corrected chi connectivity index (χ4v) is 1.64. The number of H-pyrrole nitrogens is 1. The Bertz CT molecular complexity index is 467. The Kier molecular flexibility index (Phi) is 2.25. The molecule has 0 bridgehead atoms. The molecule has 0 amide bonds. The molecule has 1 aromatic rings. The number of hydrogen-bond donors (Lipinski definition) is 1. The first-order valence-corrected chi connectivity index (χ1v) is 4.43. The summed E-state index contributed by atoms with van der Waals surface area (Å²) in [4.78, 5) is 27.3. The first kappa shape index (κ1) is 10.7. The van der Waals surface area contributed by atoms with Crippen molar-refractivity contribution in [3.05, 3.63) is 23.0 Å². The van der Waals surface area contributed by atoms with E-state index in [9.17, 15) is 22.9 Å². The standard InChI is InChI=1S/C9H6F3NO3/c10-9(11)2-1-5-4(7(9)14)3-6(13-5)8(15)16-12/h3,13H,1-2H2. The Morgan fingerprint density at radius 3 is 2.81 bits per heavy atom. The Hall–Kier alpha value is -1.79. The van der Waals surface area contributed by atoms with Crippen molar-refractivity contribution in [3.8, 4) is 0 Å². The number of rotatable bonds is 1. The number of nitrogens with one attached hydrogen (secondary N) is 1. The highest BCUT2D eigenvalue weighted by Gasteiger charge is 2.44. The van der Waals surface area contributed by atoms with Crippen molar-refractivity contribution in [2.45, 2.75) is 18.8 Å². The van der Waals surface area contributed by atoms with Crippen LogP contribution in [0.5, 0.6) is 0 Å². The van der Waals surface area contributed by atoms with Gasteiger partial charge in [0.2, 0.25) is 5.78 Å². The molecular weight excluding hydrogens is 227 g/mol. The Labute approximate surface area is 87.3 Å². The molecular formula is C9H6F3NO3. The molecule has 16 heavy (non-hydrogen) atoms. The van der Waals surface area contributed by atoms with Gasteiger partial charge in [0.05, 0.1) is 0 Å². The van der Waals surface area contributed by atoms with Gasteiger partial charge in [-0.15, -0.1) is 0 Å². The first-order valence-electron chi connectivity index (χ1n) is 4.43. The Morgan fingerprint density at radius 2 is 2.19 bits per heavy atom. The molecule has 1 N–H and O–H groups in total. The smallest absolute Gasteiger partial charge is 0.352 e. The molecule has 0 radical (unpaired) electrons. The van der Waals surface area contributed by atoms with Crippen molar-refractivity contribution in [2.75, 3.05) is 0 Å². The van der Waals surface area contributed by atoms with Crippen molar-refractivity contribution in [1.82, 2.24) is 4.98 Å². The number of alkyl halides is 2. The molecule has 0 unspecified atom stereocenters. The van der Waals surface area contributed by atoms with Crippen LogP contribution >= 0.6 is 0 Å². The van der Waals surface area contributed by atoms with Crippen LogP contribution in [0.25, 0.3) is 0 Å². The molecule has 0 spiro atoms. The third kappa shape index (κ3) is 1.48. The molecule has 0 aliphatic heterocycles. The zero-order chi connectivity index (χ0) is 11.9. The summed E-state index contributed by atoms with van der Waals surface area (Å²) < 4.78 is 37.6.